The van der Waals surface area contributed by atoms with Gasteiger partial charge in [0, 0.05) is 19.8 Å². The lowest BCUT2D eigenvalue weighted by molar-refractivity contribution is -0.0325. The molecule has 6 heteroatoms. The lowest BCUT2D eigenvalue weighted by atomic mass is 10.0. The van der Waals surface area contributed by atoms with Gasteiger partial charge in [-0.2, -0.15) is 4.83 Å². The standard InChI is InChI=1S/C15H16NO4P/c1-18-21(17,19-2)16-15(10-11-20-16)14-9-5-7-12-6-3-4-8-13(12)14/h3-10H,11H2,1-2H3. The molecule has 0 radical (unpaired) electrons. The normalized spacial score (nSPS) is 15.5. The minimum atomic E-state index is -3.49. The lowest BCUT2D eigenvalue weighted by Crippen LogP contribution is -2.17. The van der Waals surface area contributed by atoms with E-state index >= 15 is 0 Å². The second kappa shape index (κ2) is 5.62. The van der Waals surface area contributed by atoms with Gasteiger partial charge in [0.1, 0.15) is 0 Å². The first-order chi connectivity index (χ1) is 10.2. The van der Waals surface area contributed by atoms with Gasteiger partial charge in [-0.15, -0.1) is 0 Å². The molecular weight excluding hydrogens is 289 g/mol. The number of hydrogen-bond donors (Lipinski definition) is 0. The lowest BCUT2D eigenvalue weighted by Gasteiger charge is -2.26. The van der Waals surface area contributed by atoms with Crippen LogP contribution >= 0.6 is 7.75 Å². The van der Waals surface area contributed by atoms with Crippen molar-refractivity contribution >= 4 is 24.2 Å². The fraction of sp³-hybridized carbons (Fsp3) is 0.200. The van der Waals surface area contributed by atoms with Gasteiger partial charge in [0.05, 0.1) is 12.3 Å². The molecule has 110 valence electrons. The molecule has 0 unspecified atom stereocenters. The van der Waals surface area contributed by atoms with Crippen molar-refractivity contribution in [2.75, 3.05) is 20.8 Å². The van der Waals surface area contributed by atoms with Crippen LogP contribution < -0.4 is 0 Å². The molecule has 0 saturated heterocycles. The Bertz CT molecular complexity index is 730. The maximum Gasteiger partial charge on any atom is 0.458 e. The van der Waals surface area contributed by atoms with E-state index in [1.54, 1.807) is 0 Å². The molecule has 1 aliphatic heterocycles. The first kappa shape index (κ1) is 14.3. The zero-order chi connectivity index (χ0) is 14.9. The highest BCUT2D eigenvalue weighted by Gasteiger charge is 2.38. The molecule has 0 fully saturated rings. The van der Waals surface area contributed by atoms with Crippen molar-refractivity contribution in [1.82, 2.24) is 4.83 Å². The van der Waals surface area contributed by atoms with Crippen molar-refractivity contribution in [3.63, 3.8) is 0 Å². The van der Waals surface area contributed by atoms with Crippen LogP contribution in [-0.4, -0.2) is 25.7 Å². The van der Waals surface area contributed by atoms with Gasteiger partial charge in [-0.3, -0.25) is 13.9 Å². The van der Waals surface area contributed by atoms with E-state index in [0.717, 1.165) is 16.3 Å². The Morgan fingerprint density at radius 1 is 1.10 bits per heavy atom. The maximum absolute atomic E-state index is 12.6. The Morgan fingerprint density at radius 2 is 1.81 bits per heavy atom. The second-order valence-corrected chi connectivity index (χ2v) is 6.55. The van der Waals surface area contributed by atoms with E-state index in [-0.39, 0.29) is 0 Å². The van der Waals surface area contributed by atoms with Crippen LogP contribution in [0.4, 0.5) is 0 Å². The smallest absolute Gasteiger partial charge is 0.294 e. The summed E-state index contributed by atoms with van der Waals surface area (Å²) in [5, 5.41) is 2.16. The molecule has 0 bridgehead atoms. The highest BCUT2D eigenvalue weighted by Crippen LogP contribution is 2.56. The van der Waals surface area contributed by atoms with E-state index in [2.05, 4.69) is 0 Å². The summed E-state index contributed by atoms with van der Waals surface area (Å²) in [6, 6.07) is 14.0. The van der Waals surface area contributed by atoms with Gasteiger partial charge in [0.15, 0.2) is 0 Å². The van der Waals surface area contributed by atoms with Crippen LogP contribution in [0.1, 0.15) is 5.56 Å². The predicted molar refractivity (Wildman–Crippen MR) is 81.3 cm³/mol. The zero-order valence-electron chi connectivity index (χ0n) is 11.9. The van der Waals surface area contributed by atoms with Crippen molar-refractivity contribution < 1.29 is 18.5 Å². The molecule has 0 spiro atoms. The van der Waals surface area contributed by atoms with E-state index in [1.165, 1.54) is 19.1 Å². The third kappa shape index (κ3) is 2.39. The molecule has 0 atom stereocenters. The van der Waals surface area contributed by atoms with Crippen LogP contribution in [0.3, 0.4) is 0 Å². The largest absolute Gasteiger partial charge is 0.458 e. The monoisotopic (exact) mass is 305 g/mol. The van der Waals surface area contributed by atoms with Crippen LogP contribution in [0, 0.1) is 0 Å². The highest BCUT2D eigenvalue weighted by atomic mass is 31.2. The summed E-state index contributed by atoms with van der Waals surface area (Å²) >= 11 is 0. The Hall–Kier alpha value is -1.65. The maximum atomic E-state index is 12.6. The fourth-order valence-corrected chi connectivity index (χ4v) is 3.53. The molecule has 0 N–H and O–H groups in total. The second-order valence-electron chi connectivity index (χ2n) is 4.52. The summed E-state index contributed by atoms with van der Waals surface area (Å²) in [6.45, 7) is 0.329. The van der Waals surface area contributed by atoms with E-state index in [0.29, 0.717) is 12.3 Å². The number of benzene rings is 2. The van der Waals surface area contributed by atoms with E-state index in [1.807, 2.05) is 48.5 Å². The summed E-state index contributed by atoms with van der Waals surface area (Å²) in [5.74, 6) is 0. The van der Waals surface area contributed by atoms with Crippen molar-refractivity contribution in [1.29, 1.82) is 0 Å². The van der Waals surface area contributed by atoms with Crippen LogP contribution in [0.5, 0.6) is 0 Å². The number of rotatable bonds is 4. The number of hydrogen-bond acceptors (Lipinski definition) is 4. The van der Waals surface area contributed by atoms with Crippen molar-refractivity contribution in [3.8, 4) is 0 Å². The Balaban J connectivity index is 2.12. The molecule has 0 saturated carbocycles. The summed E-state index contributed by atoms with van der Waals surface area (Å²) in [4.78, 5) is 6.69. The van der Waals surface area contributed by atoms with Gasteiger partial charge >= 0.3 is 7.75 Å². The molecule has 0 aliphatic carbocycles. The summed E-state index contributed by atoms with van der Waals surface area (Å²) < 4.78 is 22.6. The van der Waals surface area contributed by atoms with Crippen LogP contribution in [-0.2, 0) is 18.5 Å². The first-order valence-electron chi connectivity index (χ1n) is 6.53. The summed E-state index contributed by atoms with van der Waals surface area (Å²) in [5.41, 5.74) is 1.62. The molecule has 2 aromatic rings. The number of hydroxylamine groups is 1. The van der Waals surface area contributed by atoms with Crippen molar-refractivity contribution in [2.24, 2.45) is 0 Å². The fourth-order valence-electron chi connectivity index (χ4n) is 2.42. The topological polar surface area (TPSA) is 48.0 Å². The summed E-state index contributed by atoms with van der Waals surface area (Å²) in [6.07, 6.45) is 1.87. The van der Waals surface area contributed by atoms with Gasteiger partial charge < -0.3 is 0 Å². The minimum Gasteiger partial charge on any atom is -0.294 e. The third-order valence-electron chi connectivity index (χ3n) is 3.43. The molecule has 2 aromatic carbocycles. The number of fused-ring (bicyclic) bond motifs is 1. The van der Waals surface area contributed by atoms with Gasteiger partial charge in [-0.1, -0.05) is 42.5 Å². The quantitative estimate of drug-likeness (QED) is 0.803. The average molecular weight is 305 g/mol. The summed E-state index contributed by atoms with van der Waals surface area (Å²) in [7, 11) is -0.806. The molecule has 1 heterocycles. The van der Waals surface area contributed by atoms with Crippen LogP contribution in [0.25, 0.3) is 16.5 Å². The molecule has 0 aromatic heterocycles. The highest BCUT2D eigenvalue weighted by molar-refractivity contribution is 7.51. The van der Waals surface area contributed by atoms with E-state index in [9.17, 15) is 4.57 Å². The average Bonchev–Trinajstić information content (AvgIpc) is 3.03. The zero-order valence-corrected chi connectivity index (χ0v) is 12.7. The molecule has 1 aliphatic rings. The van der Waals surface area contributed by atoms with Gasteiger partial charge in [-0.25, -0.2) is 4.57 Å². The molecular formula is C15H16NO4P. The Labute approximate surface area is 123 Å². The number of nitrogens with zero attached hydrogens (tertiary/aromatic N) is 1. The minimum absolute atomic E-state index is 0.329. The van der Waals surface area contributed by atoms with Gasteiger partial charge in [0.2, 0.25) is 0 Å². The molecule has 21 heavy (non-hydrogen) atoms. The van der Waals surface area contributed by atoms with Crippen molar-refractivity contribution in [3.05, 3.63) is 54.1 Å². The molecule has 3 rings (SSSR count). The first-order valence-corrected chi connectivity index (χ1v) is 8.02. The molecule has 5 nitrogen and oxygen atoms in total. The SMILES string of the molecule is COP(=O)(OC)N1OCC=C1c1cccc2ccccc12. The third-order valence-corrected chi connectivity index (χ3v) is 5.13. The Morgan fingerprint density at radius 3 is 2.57 bits per heavy atom. The van der Waals surface area contributed by atoms with Gasteiger partial charge in [0.25, 0.3) is 0 Å². The van der Waals surface area contributed by atoms with E-state index in [4.69, 9.17) is 13.9 Å². The van der Waals surface area contributed by atoms with Crippen LogP contribution in [0.15, 0.2) is 48.5 Å². The predicted octanol–water partition coefficient (Wildman–Crippen LogP) is 3.83. The Kier molecular flexibility index (Phi) is 3.83. The van der Waals surface area contributed by atoms with Crippen LogP contribution in [0.2, 0.25) is 0 Å². The van der Waals surface area contributed by atoms with Gasteiger partial charge in [-0.05, 0) is 16.8 Å². The van der Waals surface area contributed by atoms with Crippen molar-refractivity contribution in [2.45, 2.75) is 0 Å². The van der Waals surface area contributed by atoms with E-state index < -0.39 is 7.75 Å². The molecule has 0 amide bonds.